The third-order valence-corrected chi connectivity index (χ3v) is 5.88. The van der Waals surface area contributed by atoms with Crippen LogP contribution in [0.25, 0.3) is 5.78 Å². The number of carbonyl (C=O) groups excluding carboxylic acids is 1. The van der Waals surface area contributed by atoms with E-state index in [-0.39, 0.29) is 5.91 Å². The van der Waals surface area contributed by atoms with Crippen molar-refractivity contribution in [1.82, 2.24) is 24.5 Å². The Labute approximate surface area is 169 Å². The van der Waals surface area contributed by atoms with E-state index in [2.05, 4.69) is 15.0 Å². The highest BCUT2D eigenvalue weighted by Gasteiger charge is 2.28. The molecule has 8 heteroatoms. The number of methoxy groups -OCH3 is 1. The molecule has 0 bridgehead atoms. The number of carbonyl (C=O) groups is 1. The van der Waals surface area contributed by atoms with E-state index < -0.39 is 0 Å². The second-order valence-corrected chi connectivity index (χ2v) is 7.52. The molecule has 0 spiro atoms. The first-order chi connectivity index (χ1) is 14.3. The average Bonchev–Trinajstić information content (AvgIpc) is 3.25. The predicted molar refractivity (Wildman–Crippen MR) is 109 cm³/mol. The van der Waals surface area contributed by atoms with Crippen LogP contribution < -0.4 is 9.64 Å². The van der Waals surface area contributed by atoms with Crippen molar-refractivity contribution in [3.63, 3.8) is 0 Å². The van der Waals surface area contributed by atoms with Crippen molar-refractivity contribution in [2.24, 2.45) is 0 Å². The molecular formula is C21H24N6O2. The first-order valence-electron chi connectivity index (χ1n) is 10.1. The molecule has 1 aromatic carbocycles. The fourth-order valence-electron chi connectivity index (χ4n) is 4.40. The summed E-state index contributed by atoms with van der Waals surface area (Å²) >= 11 is 0. The van der Waals surface area contributed by atoms with E-state index >= 15 is 0 Å². The van der Waals surface area contributed by atoms with E-state index in [4.69, 9.17) is 9.72 Å². The topological polar surface area (TPSA) is 75.9 Å². The van der Waals surface area contributed by atoms with E-state index in [1.54, 1.807) is 13.4 Å². The second kappa shape index (κ2) is 7.35. The Morgan fingerprint density at radius 3 is 2.69 bits per heavy atom. The van der Waals surface area contributed by atoms with Crippen molar-refractivity contribution in [2.45, 2.75) is 25.7 Å². The number of hydrogen-bond acceptors (Lipinski definition) is 6. The van der Waals surface area contributed by atoms with Gasteiger partial charge >= 0.3 is 0 Å². The number of aromatic nitrogens is 4. The van der Waals surface area contributed by atoms with Gasteiger partial charge in [0.1, 0.15) is 17.9 Å². The number of piperazine rings is 1. The van der Waals surface area contributed by atoms with Crippen LogP contribution in [0, 0.1) is 0 Å². The maximum absolute atomic E-state index is 13.0. The molecule has 1 saturated heterocycles. The Hall–Kier alpha value is -3.16. The van der Waals surface area contributed by atoms with Crippen LogP contribution in [0.2, 0.25) is 0 Å². The first-order valence-corrected chi connectivity index (χ1v) is 10.1. The highest BCUT2D eigenvalue weighted by Crippen LogP contribution is 2.30. The van der Waals surface area contributed by atoms with E-state index in [0.29, 0.717) is 30.2 Å². The minimum absolute atomic E-state index is 0.0183. The van der Waals surface area contributed by atoms with Crippen molar-refractivity contribution < 1.29 is 9.53 Å². The maximum Gasteiger partial charge on any atom is 0.257 e. The lowest BCUT2D eigenvalue weighted by atomic mass is 9.96. The summed E-state index contributed by atoms with van der Waals surface area (Å²) in [4.78, 5) is 26.3. The van der Waals surface area contributed by atoms with Crippen LogP contribution in [0.4, 0.5) is 5.82 Å². The molecule has 3 heterocycles. The van der Waals surface area contributed by atoms with Gasteiger partial charge in [0.05, 0.1) is 18.4 Å². The third-order valence-electron chi connectivity index (χ3n) is 5.88. The maximum atomic E-state index is 13.0. The molecule has 2 aromatic heterocycles. The van der Waals surface area contributed by atoms with Gasteiger partial charge in [-0.2, -0.15) is 14.6 Å². The standard InChI is InChI=1S/C21H24N6O2/c1-29-18-9-5-3-7-16(18)20(28)26-12-10-25(11-13-26)19-15-6-2-4-8-17(15)24-21-22-14-23-27(19)21/h3,5,7,9,14H,2,4,6,8,10-13H2,1H3. The van der Waals surface area contributed by atoms with Crippen molar-refractivity contribution in [3.8, 4) is 5.75 Å². The largest absolute Gasteiger partial charge is 0.496 e. The van der Waals surface area contributed by atoms with Gasteiger partial charge < -0.3 is 14.5 Å². The highest BCUT2D eigenvalue weighted by atomic mass is 16.5. The predicted octanol–water partition coefficient (Wildman–Crippen LogP) is 1.97. The number of fused-ring (bicyclic) bond motifs is 2. The number of anilines is 1. The average molecular weight is 392 g/mol. The van der Waals surface area contributed by atoms with Gasteiger partial charge in [0.2, 0.25) is 0 Å². The molecule has 29 heavy (non-hydrogen) atoms. The number of ether oxygens (including phenoxy) is 1. The summed E-state index contributed by atoms with van der Waals surface area (Å²) in [7, 11) is 1.60. The summed E-state index contributed by atoms with van der Waals surface area (Å²) in [6.07, 6.45) is 5.93. The molecule has 0 N–H and O–H groups in total. The Balaban J connectivity index is 1.40. The fourth-order valence-corrected chi connectivity index (χ4v) is 4.40. The quantitative estimate of drug-likeness (QED) is 0.678. The fraction of sp³-hybridized carbons (Fsp3) is 0.429. The molecule has 1 fully saturated rings. The molecule has 150 valence electrons. The van der Waals surface area contributed by atoms with Gasteiger partial charge in [-0.3, -0.25) is 4.79 Å². The third kappa shape index (κ3) is 3.08. The number of benzene rings is 1. The van der Waals surface area contributed by atoms with Gasteiger partial charge in [0, 0.05) is 31.7 Å². The van der Waals surface area contributed by atoms with Crippen LogP contribution in [0.1, 0.15) is 34.5 Å². The first kappa shape index (κ1) is 17.9. The molecule has 5 rings (SSSR count). The molecular weight excluding hydrogens is 368 g/mol. The van der Waals surface area contributed by atoms with Crippen molar-refractivity contribution >= 4 is 17.5 Å². The number of para-hydroxylation sites is 1. The van der Waals surface area contributed by atoms with E-state index in [1.165, 1.54) is 18.4 Å². The summed E-state index contributed by atoms with van der Waals surface area (Å²) in [6, 6.07) is 7.40. The lowest BCUT2D eigenvalue weighted by Gasteiger charge is -2.37. The monoisotopic (exact) mass is 392 g/mol. The van der Waals surface area contributed by atoms with Crippen LogP contribution in [-0.4, -0.2) is 63.7 Å². The van der Waals surface area contributed by atoms with Crippen LogP contribution in [0.5, 0.6) is 5.75 Å². The minimum Gasteiger partial charge on any atom is -0.496 e. The molecule has 0 atom stereocenters. The zero-order valence-electron chi connectivity index (χ0n) is 16.5. The van der Waals surface area contributed by atoms with Crippen LogP contribution in [-0.2, 0) is 12.8 Å². The van der Waals surface area contributed by atoms with Crippen LogP contribution in [0.15, 0.2) is 30.6 Å². The van der Waals surface area contributed by atoms with Gasteiger partial charge in [-0.1, -0.05) is 12.1 Å². The molecule has 1 amide bonds. The molecule has 0 radical (unpaired) electrons. The molecule has 8 nitrogen and oxygen atoms in total. The molecule has 2 aliphatic rings. The number of rotatable bonds is 3. The molecule has 1 aliphatic heterocycles. The summed E-state index contributed by atoms with van der Waals surface area (Å²) in [5, 5.41) is 4.43. The number of hydrogen-bond donors (Lipinski definition) is 0. The van der Waals surface area contributed by atoms with Crippen LogP contribution >= 0.6 is 0 Å². The normalized spacial score (nSPS) is 16.7. The molecule has 1 aliphatic carbocycles. The summed E-state index contributed by atoms with van der Waals surface area (Å²) in [5.41, 5.74) is 3.06. The van der Waals surface area contributed by atoms with Gasteiger partial charge in [-0.05, 0) is 37.8 Å². The van der Waals surface area contributed by atoms with Gasteiger partial charge in [0.25, 0.3) is 11.7 Å². The smallest absolute Gasteiger partial charge is 0.257 e. The van der Waals surface area contributed by atoms with Crippen molar-refractivity contribution in [3.05, 3.63) is 47.4 Å². The van der Waals surface area contributed by atoms with Gasteiger partial charge in [0.15, 0.2) is 0 Å². The van der Waals surface area contributed by atoms with E-state index in [9.17, 15) is 4.79 Å². The number of amides is 1. The molecule has 0 saturated carbocycles. The van der Waals surface area contributed by atoms with E-state index in [1.807, 2.05) is 33.7 Å². The zero-order valence-corrected chi connectivity index (χ0v) is 16.5. The Kier molecular flexibility index (Phi) is 4.54. The van der Waals surface area contributed by atoms with Crippen molar-refractivity contribution in [1.29, 1.82) is 0 Å². The van der Waals surface area contributed by atoms with E-state index in [0.717, 1.165) is 37.4 Å². The zero-order chi connectivity index (χ0) is 19.8. The molecule has 3 aromatic rings. The Bertz CT molecular complexity index is 1050. The lowest BCUT2D eigenvalue weighted by molar-refractivity contribution is 0.0743. The van der Waals surface area contributed by atoms with Crippen molar-refractivity contribution in [2.75, 3.05) is 38.2 Å². The highest BCUT2D eigenvalue weighted by molar-refractivity contribution is 5.97. The lowest BCUT2D eigenvalue weighted by Crippen LogP contribution is -2.49. The summed E-state index contributed by atoms with van der Waals surface area (Å²) in [5.74, 6) is 2.40. The Morgan fingerprint density at radius 2 is 1.86 bits per heavy atom. The Morgan fingerprint density at radius 1 is 1.07 bits per heavy atom. The number of nitrogens with zero attached hydrogens (tertiary/aromatic N) is 6. The van der Waals surface area contributed by atoms with Gasteiger partial charge in [-0.15, -0.1) is 0 Å². The second-order valence-electron chi connectivity index (χ2n) is 7.52. The minimum atomic E-state index is 0.0183. The summed E-state index contributed by atoms with van der Waals surface area (Å²) in [6.45, 7) is 2.83. The SMILES string of the molecule is COc1ccccc1C(=O)N1CCN(c2c3c(nc4ncnn24)CCCC3)CC1. The van der Waals surface area contributed by atoms with Gasteiger partial charge in [-0.25, -0.2) is 4.98 Å². The van der Waals surface area contributed by atoms with Crippen LogP contribution in [0.3, 0.4) is 0 Å². The number of aryl methyl sites for hydroxylation is 1. The molecule has 0 unspecified atom stereocenters. The summed E-state index contributed by atoms with van der Waals surface area (Å²) < 4.78 is 7.23.